The fourth-order valence-electron chi connectivity index (χ4n) is 4.73. The molecule has 0 spiro atoms. The maximum atomic E-state index is 13.2. The number of aryl methyl sites for hydroxylation is 2. The van der Waals surface area contributed by atoms with Gasteiger partial charge in [-0.3, -0.25) is 4.79 Å². The molecule has 3 aromatic carbocycles. The van der Waals surface area contributed by atoms with Gasteiger partial charge in [0.25, 0.3) is 0 Å². The summed E-state index contributed by atoms with van der Waals surface area (Å²) in [5.41, 5.74) is 4.11. The van der Waals surface area contributed by atoms with Gasteiger partial charge in [0.2, 0.25) is 15.9 Å². The van der Waals surface area contributed by atoms with Gasteiger partial charge in [-0.1, -0.05) is 78.4 Å². The highest BCUT2D eigenvalue weighted by Gasteiger charge is 2.33. The average Bonchev–Trinajstić information content (AvgIpc) is 2.85. The Hall–Kier alpha value is -2.96. The largest absolute Gasteiger partial charge is 0.355 e. The fraction of sp³-hybridized carbons (Fsp3) is 0.321. The van der Waals surface area contributed by atoms with Crippen molar-refractivity contribution >= 4 is 15.9 Å². The zero-order valence-corrected chi connectivity index (χ0v) is 20.6. The first-order chi connectivity index (χ1) is 16.4. The molecule has 4 rings (SSSR count). The summed E-state index contributed by atoms with van der Waals surface area (Å²) in [6.45, 7) is 5.00. The lowest BCUT2D eigenvalue weighted by Crippen LogP contribution is -2.43. The third-order valence-electron chi connectivity index (χ3n) is 6.66. The van der Waals surface area contributed by atoms with E-state index in [4.69, 9.17) is 0 Å². The van der Waals surface area contributed by atoms with Gasteiger partial charge in [0, 0.05) is 31.5 Å². The third kappa shape index (κ3) is 5.40. The Balaban J connectivity index is 1.38. The van der Waals surface area contributed by atoms with Crippen LogP contribution in [-0.4, -0.2) is 38.3 Å². The Kier molecular flexibility index (Phi) is 7.49. The SMILES string of the molecule is Cc1ccc(S(=O)(=O)N2CCC(C(=O)NCC(c3ccccc3)c3ccccc3)CC2)c(C)c1. The lowest BCUT2D eigenvalue weighted by molar-refractivity contribution is -0.126. The summed E-state index contributed by atoms with van der Waals surface area (Å²) in [6.07, 6.45) is 1.05. The van der Waals surface area contributed by atoms with Gasteiger partial charge in [0.15, 0.2) is 0 Å². The van der Waals surface area contributed by atoms with E-state index in [1.54, 1.807) is 6.07 Å². The highest BCUT2D eigenvalue weighted by molar-refractivity contribution is 7.89. The van der Waals surface area contributed by atoms with Crippen molar-refractivity contribution in [3.63, 3.8) is 0 Å². The first-order valence-corrected chi connectivity index (χ1v) is 13.3. The summed E-state index contributed by atoms with van der Waals surface area (Å²) in [6, 6.07) is 25.8. The maximum absolute atomic E-state index is 13.2. The molecule has 1 aliphatic rings. The predicted octanol–water partition coefficient (Wildman–Crippen LogP) is 4.65. The molecule has 0 aromatic heterocycles. The van der Waals surface area contributed by atoms with Crippen LogP contribution in [0.25, 0.3) is 0 Å². The topological polar surface area (TPSA) is 66.5 Å². The van der Waals surface area contributed by atoms with Crippen LogP contribution < -0.4 is 5.32 Å². The Morgan fingerprint density at radius 3 is 2.00 bits per heavy atom. The molecule has 178 valence electrons. The Labute approximate surface area is 202 Å². The molecule has 6 heteroatoms. The van der Waals surface area contributed by atoms with Crippen LogP contribution in [0.3, 0.4) is 0 Å². The van der Waals surface area contributed by atoms with Gasteiger partial charge in [-0.15, -0.1) is 0 Å². The molecule has 5 nitrogen and oxygen atoms in total. The van der Waals surface area contributed by atoms with Crippen molar-refractivity contribution in [1.82, 2.24) is 9.62 Å². The summed E-state index contributed by atoms with van der Waals surface area (Å²) in [5, 5.41) is 3.14. The minimum Gasteiger partial charge on any atom is -0.355 e. The maximum Gasteiger partial charge on any atom is 0.243 e. The number of rotatable bonds is 7. The highest BCUT2D eigenvalue weighted by Crippen LogP contribution is 2.27. The van der Waals surface area contributed by atoms with Gasteiger partial charge < -0.3 is 5.32 Å². The molecule has 0 aliphatic carbocycles. The fourth-order valence-corrected chi connectivity index (χ4v) is 6.41. The van der Waals surface area contributed by atoms with E-state index in [-0.39, 0.29) is 17.7 Å². The zero-order valence-electron chi connectivity index (χ0n) is 19.8. The molecule has 0 atom stereocenters. The number of hydrogen-bond acceptors (Lipinski definition) is 3. The smallest absolute Gasteiger partial charge is 0.243 e. The summed E-state index contributed by atoms with van der Waals surface area (Å²) < 4.78 is 27.8. The van der Waals surface area contributed by atoms with E-state index >= 15 is 0 Å². The molecule has 1 heterocycles. The first-order valence-electron chi connectivity index (χ1n) is 11.8. The van der Waals surface area contributed by atoms with Gasteiger partial charge in [0.05, 0.1) is 4.90 Å². The molecule has 0 saturated carbocycles. The molecule has 0 bridgehead atoms. The molecular weight excluding hydrogens is 444 g/mol. The second-order valence-corrected chi connectivity index (χ2v) is 11.0. The minimum absolute atomic E-state index is 0.000395. The Morgan fingerprint density at radius 2 is 1.47 bits per heavy atom. The van der Waals surface area contributed by atoms with Crippen molar-refractivity contribution in [1.29, 1.82) is 0 Å². The van der Waals surface area contributed by atoms with Crippen molar-refractivity contribution < 1.29 is 13.2 Å². The molecule has 0 unspecified atom stereocenters. The average molecular weight is 477 g/mol. The number of hydrogen-bond donors (Lipinski definition) is 1. The van der Waals surface area contributed by atoms with Gasteiger partial charge >= 0.3 is 0 Å². The molecule has 3 aromatic rings. The predicted molar refractivity (Wildman–Crippen MR) is 135 cm³/mol. The Morgan fingerprint density at radius 1 is 0.912 bits per heavy atom. The standard InChI is InChI=1S/C28H32N2O3S/c1-21-13-14-27(22(2)19-21)34(32,33)30-17-15-25(16-18-30)28(31)29-20-26(23-9-5-3-6-10-23)24-11-7-4-8-12-24/h3-14,19,25-26H,15-18,20H2,1-2H3,(H,29,31). The molecule has 1 fully saturated rings. The molecule has 1 saturated heterocycles. The number of piperidine rings is 1. The van der Waals surface area contributed by atoms with Crippen LogP contribution >= 0.6 is 0 Å². The lowest BCUT2D eigenvalue weighted by Gasteiger charge is -2.31. The van der Waals surface area contributed by atoms with Crippen LogP contribution in [0.1, 0.15) is 41.0 Å². The number of amides is 1. The van der Waals surface area contributed by atoms with Crippen LogP contribution in [0, 0.1) is 19.8 Å². The van der Waals surface area contributed by atoms with E-state index in [0.717, 1.165) is 22.3 Å². The van der Waals surface area contributed by atoms with Crippen LogP contribution in [0.15, 0.2) is 83.8 Å². The van der Waals surface area contributed by atoms with Gasteiger partial charge in [-0.25, -0.2) is 8.42 Å². The molecule has 0 radical (unpaired) electrons. The van der Waals surface area contributed by atoms with E-state index in [0.29, 0.717) is 37.4 Å². The molecule has 34 heavy (non-hydrogen) atoms. The van der Waals surface area contributed by atoms with Crippen LogP contribution in [0.4, 0.5) is 0 Å². The zero-order chi connectivity index (χ0) is 24.1. The summed E-state index contributed by atoms with van der Waals surface area (Å²) >= 11 is 0. The van der Waals surface area contributed by atoms with Crippen molar-refractivity contribution in [2.45, 2.75) is 37.5 Å². The second kappa shape index (κ2) is 10.5. The van der Waals surface area contributed by atoms with Crippen molar-refractivity contribution in [2.24, 2.45) is 5.92 Å². The highest BCUT2D eigenvalue weighted by atomic mass is 32.2. The summed E-state index contributed by atoms with van der Waals surface area (Å²) in [7, 11) is -3.55. The molecule has 1 amide bonds. The monoisotopic (exact) mass is 476 g/mol. The summed E-state index contributed by atoms with van der Waals surface area (Å²) in [4.78, 5) is 13.4. The molecule has 1 aliphatic heterocycles. The number of sulfonamides is 1. The van der Waals surface area contributed by atoms with Gasteiger partial charge in [-0.05, 0) is 49.4 Å². The molecular formula is C28H32N2O3S. The van der Waals surface area contributed by atoms with Crippen molar-refractivity contribution in [3.8, 4) is 0 Å². The van der Waals surface area contributed by atoms with Crippen LogP contribution in [-0.2, 0) is 14.8 Å². The van der Waals surface area contributed by atoms with Gasteiger partial charge in [0.1, 0.15) is 0 Å². The quantitative estimate of drug-likeness (QED) is 0.540. The summed E-state index contributed by atoms with van der Waals surface area (Å²) in [5.74, 6) is -0.116. The van der Waals surface area contributed by atoms with E-state index in [1.807, 2.05) is 62.4 Å². The third-order valence-corrected chi connectivity index (χ3v) is 8.72. The lowest BCUT2D eigenvalue weighted by atomic mass is 9.90. The van der Waals surface area contributed by atoms with Crippen LogP contribution in [0.5, 0.6) is 0 Å². The van der Waals surface area contributed by atoms with Gasteiger partial charge in [-0.2, -0.15) is 4.31 Å². The van der Waals surface area contributed by atoms with Crippen molar-refractivity contribution in [2.75, 3.05) is 19.6 Å². The normalized spacial score (nSPS) is 15.4. The number of benzene rings is 3. The number of carbonyl (C=O) groups excluding carboxylic acids is 1. The number of nitrogens with one attached hydrogen (secondary N) is 1. The van der Waals surface area contributed by atoms with Crippen molar-refractivity contribution in [3.05, 3.63) is 101 Å². The number of nitrogens with zero attached hydrogens (tertiary/aromatic N) is 1. The second-order valence-electron chi connectivity index (χ2n) is 9.07. The number of carbonyl (C=O) groups is 1. The van der Waals surface area contributed by atoms with Crippen LogP contribution in [0.2, 0.25) is 0 Å². The van der Waals surface area contributed by atoms with E-state index < -0.39 is 10.0 Å². The molecule has 1 N–H and O–H groups in total. The van der Waals surface area contributed by atoms with E-state index in [9.17, 15) is 13.2 Å². The van der Waals surface area contributed by atoms with E-state index in [1.165, 1.54) is 4.31 Å². The minimum atomic E-state index is -3.55. The Bertz CT molecular complexity index is 1180. The first kappa shape index (κ1) is 24.2. The van der Waals surface area contributed by atoms with E-state index in [2.05, 4.69) is 29.6 Å².